The standard InChI is InChI=1S/C12H26INO/c1-3-5-6-7-8-9-10-11(13)15-12(14)4-2/h11-12H,3-10,14H2,1-2H3. The predicted molar refractivity (Wildman–Crippen MR) is 75.2 cm³/mol. The van der Waals surface area contributed by atoms with Gasteiger partial charge < -0.3 is 10.5 Å². The van der Waals surface area contributed by atoms with E-state index >= 15 is 0 Å². The van der Waals surface area contributed by atoms with Crippen LogP contribution < -0.4 is 5.73 Å². The summed E-state index contributed by atoms with van der Waals surface area (Å²) in [6.07, 6.45) is 10.0. The van der Waals surface area contributed by atoms with Crippen LogP contribution in [-0.2, 0) is 4.74 Å². The summed E-state index contributed by atoms with van der Waals surface area (Å²) in [6.45, 7) is 4.31. The molecule has 0 amide bonds. The van der Waals surface area contributed by atoms with Crippen molar-refractivity contribution in [2.24, 2.45) is 5.73 Å². The minimum atomic E-state index is -0.0769. The minimum Gasteiger partial charge on any atom is -0.350 e. The molecule has 2 nitrogen and oxygen atoms in total. The van der Waals surface area contributed by atoms with E-state index in [0.717, 1.165) is 12.8 Å². The van der Waals surface area contributed by atoms with Crippen LogP contribution in [0.1, 0.15) is 65.2 Å². The maximum atomic E-state index is 5.72. The smallest absolute Gasteiger partial charge is 0.110 e. The second kappa shape index (κ2) is 11.1. The minimum absolute atomic E-state index is 0.0769. The van der Waals surface area contributed by atoms with Crippen LogP contribution in [0.4, 0.5) is 0 Å². The van der Waals surface area contributed by atoms with Crippen molar-refractivity contribution in [1.29, 1.82) is 0 Å². The van der Waals surface area contributed by atoms with Crippen molar-refractivity contribution in [2.75, 3.05) is 0 Å². The third-order valence-corrected chi connectivity index (χ3v) is 3.43. The zero-order valence-electron chi connectivity index (χ0n) is 10.2. The van der Waals surface area contributed by atoms with Crippen molar-refractivity contribution >= 4 is 22.6 Å². The van der Waals surface area contributed by atoms with Crippen molar-refractivity contribution in [1.82, 2.24) is 0 Å². The number of hydrogen-bond acceptors (Lipinski definition) is 2. The molecule has 0 aromatic carbocycles. The fraction of sp³-hybridized carbons (Fsp3) is 1.00. The SMILES string of the molecule is CCCCCCCCC(I)OC(N)CC. The highest BCUT2D eigenvalue weighted by Crippen LogP contribution is 2.15. The Morgan fingerprint density at radius 3 is 2.27 bits per heavy atom. The largest absolute Gasteiger partial charge is 0.350 e. The molecule has 15 heavy (non-hydrogen) atoms. The Balaban J connectivity index is 3.20. The summed E-state index contributed by atoms with van der Waals surface area (Å²) in [7, 11) is 0. The molecule has 0 aromatic rings. The van der Waals surface area contributed by atoms with E-state index in [9.17, 15) is 0 Å². The lowest BCUT2D eigenvalue weighted by molar-refractivity contribution is 0.0412. The molecule has 0 rings (SSSR count). The van der Waals surface area contributed by atoms with Gasteiger partial charge in [0.2, 0.25) is 0 Å². The van der Waals surface area contributed by atoms with E-state index < -0.39 is 0 Å². The van der Waals surface area contributed by atoms with Crippen LogP contribution in [0.2, 0.25) is 0 Å². The van der Waals surface area contributed by atoms with Gasteiger partial charge in [-0.05, 0) is 12.8 Å². The normalized spacial score (nSPS) is 15.2. The highest BCUT2D eigenvalue weighted by atomic mass is 127. The first-order valence-corrected chi connectivity index (χ1v) is 7.50. The van der Waals surface area contributed by atoms with Crippen molar-refractivity contribution in [3.8, 4) is 0 Å². The van der Waals surface area contributed by atoms with Gasteiger partial charge in [0.05, 0.1) is 0 Å². The quantitative estimate of drug-likeness (QED) is 0.282. The Labute approximate surface area is 108 Å². The van der Waals surface area contributed by atoms with E-state index in [1.165, 1.54) is 38.5 Å². The molecule has 0 spiro atoms. The number of unbranched alkanes of at least 4 members (excludes halogenated alkanes) is 5. The van der Waals surface area contributed by atoms with Gasteiger partial charge in [0.15, 0.2) is 0 Å². The molecule has 0 aliphatic carbocycles. The first kappa shape index (κ1) is 15.7. The molecule has 0 bridgehead atoms. The van der Waals surface area contributed by atoms with E-state index in [0.29, 0.717) is 4.11 Å². The summed E-state index contributed by atoms with van der Waals surface area (Å²) in [5.74, 6) is 0. The fourth-order valence-electron chi connectivity index (χ4n) is 1.44. The molecular weight excluding hydrogens is 301 g/mol. The van der Waals surface area contributed by atoms with Gasteiger partial charge in [-0.15, -0.1) is 0 Å². The van der Waals surface area contributed by atoms with Crippen LogP contribution >= 0.6 is 22.6 Å². The zero-order valence-corrected chi connectivity index (χ0v) is 12.3. The second-order valence-corrected chi connectivity index (χ2v) is 5.44. The van der Waals surface area contributed by atoms with Crippen LogP contribution in [0.25, 0.3) is 0 Å². The van der Waals surface area contributed by atoms with Crippen molar-refractivity contribution in [3.05, 3.63) is 0 Å². The number of alkyl halides is 1. The van der Waals surface area contributed by atoms with Crippen LogP contribution in [0.3, 0.4) is 0 Å². The summed E-state index contributed by atoms with van der Waals surface area (Å²) in [5.41, 5.74) is 5.72. The van der Waals surface area contributed by atoms with Crippen molar-refractivity contribution in [2.45, 2.75) is 75.6 Å². The number of halogens is 1. The third kappa shape index (κ3) is 10.9. The van der Waals surface area contributed by atoms with Crippen LogP contribution in [0, 0.1) is 0 Å². The molecule has 0 heterocycles. The molecule has 2 N–H and O–H groups in total. The van der Waals surface area contributed by atoms with Gasteiger partial charge >= 0.3 is 0 Å². The maximum Gasteiger partial charge on any atom is 0.110 e. The molecule has 0 aliphatic heterocycles. The van der Waals surface area contributed by atoms with Gasteiger partial charge in [-0.3, -0.25) is 0 Å². The Morgan fingerprint density at radius 2 is 1.67 bits per heavy atom. The average Bonchev–Trinajstić information content (AvgIpc) is 2.23. The summed E-state index contributed by atoms with van der Waals surface area (Å²) < 4.78 is 5.89. The lowest BCUT2D eigenvalue weighted by Crippen LogP contribution is -2.26. The van der Waals surface area contributed by atoms with E-state index in [-0.39, 0.29) is 6.23 Å². The first-order chi connectivity index (χ1) is 7.20. The van der Waals surface area contributed by atoms with Gasteiger partial charge in [0, 0.05) is 0 Å². The zero-order chi connectivity index (χ0) is 11.5. The topological polar surface area (TPSA) is 35.2 Å². The fourth-order valence-corrected chi connectivity index (χ4v) is 2.26. The molecule has 0 aromatic heterocycles. The molecule has 3 heteroatoms. The second-order valence-electron chi connectivity index (χ2n) is 4.05. The highest BCUT2D eigenvalue weighted by molar-refractivity contribution is 14.1. The molecule has 2 atom stereocenters. The van der Waals surface area contributed by atoms with Crippen LogP contribution in [0.15, 0.2) is 0 Å². The van der Waals surface area contributed by atoms with Gasteiger partial charge in [-0.25, -0.2) is 0 Å². The number of nitrogens with two attached hydrogens (primary N) is 1. The molecule has 2 unspecified atom stereocenters. The number of hydrogen-bond donors (Lipinski definition) is 1. The van der Waals surface area contributed by atoms with Crippen LogP contribution in [-0.4, -0.2) is 10.3 Å². The number of rotatable bonds is 10. The summed E-state index contributed by atoms with van der Waals surface area (Å²) in [4.78, 5) is 0. The van der Waals surface area contributed by atoms with E-state index in [2.05, 4.69) is 36.4 Å². The molecule has 0 saturated heterocycles. The van der Waals surface area contributed by atoms with Gasteiger partial charge in [-0.1, -0.05) is 75.0 Å². The van der Waals surface area contributed by atoms with E-state index in [4.69, 9.17) is 10.5 Å². The summed E-state index contributed by atoms with van der Waals surface area (Å²) in [5, 5.41) is 0. The van der Waals surface area contributed by atoms with E-state index in [1.54, 1.807) is 0 Å². The average molecular weight is 327 g/mol. The molecule has 0 radical (unpaired) electrons. The van der Waals surface area contributed by atoms with Gasteiger partial charge in [0.1, 0.15) is 10.3 Å². The Kier molecular flexibility index (Phi) is 11.6. The predicted octanol–water partition coefficient (Wildman–Crippen LogP) is 4.21. The molecular formula is C12H26INO. The molecule has 0 saturated carbocycles. The van der Waals surface area contributed by atoms with E-state index in [1.807, 2.05) is 0 Å². The molecule has 0 fully saturated rings. The first-order valence-electron chi connectivity index (χ1n) is 6.25. The molecule has 0 aliphatic rings. The monoisotopic (exact) mass is 327 g/mol. The van der Waals surface area contributed by atoms with Gasteiger partial charge in [-0.2, -0.15) is 0 Å². The highest BCUT2D eigenvalue weighted by Gasteiger charge is 2.07. The Morgan fingerprint density at radius 1 is 1.07 bits per heavy atom. The van der Waals surface area contributed by atoms with Gasteiger partial charge in [0.25, 0.3) is 0 Å². The van der Waals surface area contributed by atoms with Crippen LogP contribution in [0.5, 0.6) is 0 Å². The molecule has 92 valence electrons. The lowest BCUT2D eigenvalue weighted by Gasteiger charge is -2.16. The Hall–Kier alpha value is 0.650. The Bertz CT molecular complexity index is 133. The maximum absolute atomic E-state index is 5.72. The number of ether oxygens (including phenoxy) is 1. The van der Waals surface area contributed by atoms with Crippen molar-refractivity contribution in [3.63, 3.8) is 0 Å². The third-order valence-electron chi connectivity index (χ3n) is 2.51. The lowest BCUT2D eigenvalue weighted by atomic mass is 10.1. The van der Waals surface area contributed by atoms with Crippen molar-refractivity contribution < 1.29 is 4.74 Å². The summed E-state index contributed by atoms with van der Waals surface area (Å²) >= 11 is 2.35. The summed E-state index contributed by atoms with van der Waals surface area (Å²) in [6, 6.07) is 0.